The van der Waals surface area contributed by atoms with Gasteiger partial charge >= 0.3 is 0 Å². The van der Waals surface area contributed by atoms with E-state index in [1.807, 2.05) is 0 Å². The molecule has 26 valence electrons. The molecule has 1 N–H and O–H groups in total. The van der Waals surface area contributed by atoms with Gasteiger partial charge in [-0.1, -0.05) is 0 Å². The van der Waals surface area contributed by atoms with Crippen LogP contribution >= 0.6 is 0 Å². The first kappa shape index (κ1) is 8.98. The SMILES string of the molecule is O=[NH+][O-].[Ru]. The summed E-state index contributed by atoms with van der Waals surface area (Å²) in [6.07, 6.45) is 0. The molecule has 4 heavy (non-hydrogen) atoms. The van der Waals surface area contributed by atoms with Crippen molar-refractivity contribution in [1.29, 1.82) is 0 Å². The molecule has 0 radical (unpaired) electrons. The van der Waals surface area contributed by atoms with E-state index < -0.39 is 0 Å². The molecule has 0 saturated heterocycles. The fourth-order valence-electron chi connectivity index (χ4n) is 0. The molecule has 0 aliphatic heterocycles. The van der Waals surface area contributed by atoms with Gasteiger partial charge in [-0.05, 0) is 0 Å². The van der Waals surface area contributed by atoms with Crippen molar-refractivity contribution >= 4 is 0 Å². The van der Waals surface area contributed by atoms with E-state index in [2.05, 4.69) is 0 Å². The molecular weight excluding hydrogens is 147 g/mol. The summed E-state index contributed by atoms with van der Waals surface area (Å²) in [5, 5.41) is 8.38. The number of nitrogens with one attached hydrogen (secondary N) is 1. The van der Waals surface area contributed by atoms with Crippen LogP contribution in [0.5, 0.6) is 0 Å². The average molecular weight is 148 g/mol. The van der Waals surface area contributed by atoms with Gasteiger partial charge in [0.05, 0.1) is 0 Å². The van der Waals surface area contributed by atoms with Crippen molar-refractivity contribution in [1.82, 2.24) is 0 Å². The molecule has 0 rings (SSSR count). The van der Waals surface area contributed by atoms with Crippen LogP contribution < -0.4 is 5.34 Å². The van der Waals surface area contributed by atoms with Crippen LogP contribution in [0.25, 0.3) is 0 Å². The second-order valence-corrected chi connectivity index (χ2v) is 0.0833. The number of hydrogen-bond donors (Lipinski definition) is 1. The summed E-state index contributed by atoms with van der Waals surface area (Å²) >= 11 is 0. The minimum Gasteiger partial charge on any atom is -0.267 e. The van der Waals surface area contributed by atoms with Crippen molar-refractivity contribution in [3.05, 3.63) is 10.1 Å². The van der Waals surface area contributed by atoms with Gasteiger partial charge in [0.2, 0.25) is 0 Å². The van der Waals surface area contributed by atoms with Gasteiger partial charge in [0.1, 0.15) is 0 Å². The summed E-state index contributed by atoms with van der Waals surface area (Å²) in [7, 11) is 0. The van der Waals surface area contributed by atoms with Gasteiger partial charge in [-0.25, -0.2) is 0 Å². The third-order valence-corrected chi connectivity index (χ3v) is 0. The molecule has 0 heterocycles. The molecule has 0 spiro atoms. The molecule has 0 aliphatic rings. The minimum absolute atomic E-state index is 0. The van der Waals surface area contributed by atoms with E-state index >= 15 is 0 Å². The van der Waals surface area contributed by atoms with Crippen LogP contribution in [0.15, 0.2) is 0 Å². The maximum absolute atomic E-state index is 8.12. The maximum Gasteiger partial charge on any atom is 0.00366 e. The van der Waals surface area contributed by atoms with E-state index in [0.717, 1.165) is 0 Å². The zero-order chi connectivity index (χ0) is 2.71. The van der Waals surface area contributed by atoms with Crippen molar-refractivity contribution < 1.29 is 24.8 Å². The van der Waals surface area contributed by atoms with Gasteiger partial charge in [0, 0.05) is 24.8 Å². The third-order valence-electron chi connectivity index (χ3n) is 0. The fraction of sp³-hybridized carbons (Fsp3) is 0. The third kappa shape index (κ3) is 3880. The first-order valence-electron chi connectivity index (χ1n) is 0.408. The van der Waals surface area contributed by atoms with Crippen molar-refractivity contribution in [2.24, 2.45) is 0 Å². The van der Waals surface area contributed by atoms with Crippen LogP contribution in [-0.4, -0.2) is 0 Å². The Labute approximate surface area is 35.7 Å². The molecule has 0 aromatic carbocycles. The summed E-state index contributed by atoms with van der Waals surface area (Å²) in [5.41, 5.74) is 0. The van der Waals surface area contributed by atoms with E-state index in [1.54, 1.807) is 0 Å². The Balaban J connectivity index is 0. The Morgan fingerprint density at radius 2 is 1.75 bits per heavy atom. The largest absolute Gasteiger partial charge is 0.267 e. The second kappa shape index (κ2) is 11.8. The van der Waals surface area contributed by atoms with E-state index in [4.69, 9.17) is 10.1 Å². The normalized spacial score (nSPS) is 3.00. The quantitative estimate of drug-likeness (QED) is 0.253. The summed E-state index contributed by atoms with van der Waals surface area (Å²) in [4.78, 5) is 8.12. The van der Waals surface area contributed by atoms with Crippen LogP contribution in [0.4, 0.5) is 0 Å². The molecule has 3 nitrogen and oxygen atoms in total. The molecule has 0 bridgehead atoms. The zero-order valence-corrected chi connectivity index (χ0v) is 3.41. The van der Waals surface area contributed by atoms with E-state index in [-0.39, 0.29) is 24.8 Å². The van der Waals surface area contributed by atoms with Crippen molar-refractivity contribution in [3.63, 3.8) is 0 Å². The smallest absolute Gasteiger partial charge is 0.00366 e. The van der Waals surface area contributed by atoms with Gasteiger partial charge in [-0.2, -0.15) is 0 Å². The molecule has 0 unspecified atom stereocenters. The van der Waals surface area contributed by atoms with Crippen LogP contribution in [-0.2, 0) is 19.5 Å². The second-order valence-electron chi connectivity index (χ2n) is 0.0833. The minimum atomic E-state index is 0. The maximum atomic E-state index is 8.12. The molecule has 0 aliphatic carbocycles. The van der Waals surface area contributed by atoms with Crippen LogP contribution in [0, 0.1) is 10.1 Å². The Kier molecular flexibility index (Phi) is 26.5. The predicted molar refractivity (Wildman–Crippen MR) is 7.70 cm³/mol. The van der Waals surface area contributed by atoms with Crippen molar-refractivity contribution in [3.8, 4) is 0 Å². The molecule has 0 fully saturated rings. The van der Waals surface area contributed by atoms with Crippen LogP contribution in [0.1, 0.15) is 0 Å². The van der Waals surface area contributed by atoms with Crippen molar-refractivity contribution in [2.45, 2.75) is 0 Å². The van der Waals surface area contributed by atoms with Gasteiger partial charge in [-0.15, -0.1) is 0 Å². The first-order valence-corrected chi connectivity index (χ1v) is 0.408. The van der Waals surface area contributed by atoms with Gasteiger partial charge in [0.15, 0.2) is 0 Å². The molecule has 0 amide bonds. The molecular formula is HNO2Ru. The molecule has 0 saturated carbocycles. The summed E-state index contributed by atoms with van der Waals surface area (Å²) < 4.78 is 0. The Bertz CT molecular complexity index is 13.5. The monoisotopic (exact) mass is 149 g/mol. The fourth-order valence-corrected chi connectivity index (χ4v) is 0. The Morgan fingerprint density at radius 1 is 1.75 bits per heavy atom. The Hall–Kier alpha value is 0.0234. The van der Waals surface area contributed by atoms with E-state index in [0.29, 0.717) is 0 Å². The first-order chi connectivity index (χ1) is 1.41. The van der Waals surface area contributed by atoms with Crippen LogP contribution in [0.2, 0.25) is 0 Å². The van der Waals surface area contributed by atoms with Gasteiger partial charge < -0.3 is 0 Å². The van der Waals surface area contributed by atoms with E-state index in [9.17, 15) is 0 Å². The van der Waals surface area contributed by atoms with Gasteiger partial charge in [0.25, 0.3) is 0 Å². The topological polar surface area (TPSA) is 54.1 Å². The van der Waals surface area contributed by atoms with Crippen molar-refractivity contribution in [2.75, 3.05) is 0 Å². The zero-order valence-electron chi connectivity index (χ0n) is 1.67. The van der Waals surface area contributed by atoms with Gasteiger partial charge in [-0.3, -0.25) is 10.1 Å². The number of rotatable bonds is 0. The standard InChI is InChI=1S/HNO2.Ru/c2-1-3;/h1H;. The molecule has 0 atom stereocenters. The summed E-state index contributed by atoms with van der Waals surface area (Å²) in [6.45, 7) is 0. The molecule has 0 aromatic heterocycles. The molecule has 4 heteroatoms. The summed E-state index contributed by atoms with van der Waals surface area (Å²) in [5.74, 6) is 0. The van der Waals surface area contributed by atoms with Crippen LogP contribution in [0.3, 0.4) is 0 Å². The van der Waals surface area contributed by atoms with E-state index in [1.165, 1.54) is 0 Å². The Morgan fingerprint density at radius 3 is 1.75 bits per heavy atom. The summed E-state index contributed by atoms with van der Waals surface area (Å²) in [6, 6.07) is 0. The predicted octanol–water partition coefficient (Wildman–Crippen LogP) is -1.67. The molecule has 0 aromatic rings. The number of hydrogen-bond acceptors (Lipinski definition) is 2. The average Bonchev–Trinajstić information content (AvgIpc) is 0.918.